The molecule has 0 aliphatic rings. The van der Waals surface area contributed by atoms with Crippen molar-refractivity contribution in [2.24, 2.45) is 0 Å². The van der Waals surface area contributed by atoms with Crippen molar-refractivity contribution in [2.75, 3.05) is 0 Å². The Morgan fingerprint density at radius 2 is 0.586 bits per heavy atom. The maximum atomic E-state index is 5.47. The lowest BCUT2D eigenvalue weighted by Crippen LogP contribution is -2.43. The molecule has 0 amide bonds. The first-order chi connectivity index (χ1) is 28.7. The smallest absolute Gasteiger partial charge is 0.377 e. The highest BCUT2D eigenvalue weighted by atomic mass is 27.2. The first-order valence-electron chi connectivity index (χ1n) is 19.2. The van der Waals surface area contributed by atoms with E-state index in [0.29, 0.717) is 0 Å². The number of aromatic nitrogens is 9. The second kappa shape index (κ2) is 13.0. The number of rotatable bonds is 6. The molecule has 0 aliphatic carbocycles. The number of pyridine rings is 3. The summed E-state index contributed by atoms with van der Waals surface area (Å²) in [6.07, 6.45) is 5.51. The van der Waals surface area contributed by atoms with Crippen LogP contribution in [0.4, 0.5) is 0 Å². The maximum Gasteiger partial charge on any atom is 0.760 e. The third kappa shape index (κ3) is 5.17. The molecule has 0 saturated heterocycles. The number of nitrogens with zero attached hydrogens (tertiary/aromatic N) is 9. The van der Waals surface area contributed by atoms with Crippen molar-refractivity contribution >= 4 is 80.2 Å². The van der Waals surface area contributed by atoms with E-state index >= 15 is 0 Å². The summed E-state index contributed by atoms with van der Waals surface area (Å²) in [5.41, 5.74) is 7.89. The SMILES string of the molecule is c1ccc(-c2nc3cc4ccccc4cc3[n]2[Al]([n]2c(-c3ccccn3)nc3cc4ccccc4cc32)[n]2c(-c3ccccn3)nc3cc4ccccc4cc32)nc1. The molecular formula is C48H30AlN9. The molecule has 6 aromatic heterocycles. The fourth-order valence-electron chi connectivity index (χ4n) is 8.42. The molecule has 0 saturated carbocycles. The number of benzene rings is 6. The molecule has 270 valence electrons. The number of imidazole rings is 3. The highest BCUT2D eigenvalue weighted by Gasteiger charge is 2.43. The first-order valence-corrected chi connectivity index (χ1v) is 20.8. The molecule has 0 spiro atoms. The molecular weight excluding hydrogens is 730 g/mol. The number of fused-ring (bicyclic) bond motifs is 6. The van der Waals surface area contributed by atoms with Crippen molar-refractivity contribution in [3.63, 3.8) is 0 Å². The van der Waals surface area contributed by atoms with Gasteiger partial charge >= 0.3 is 14.8 Å². The van der Waals surface area contributed by atoms with Crippen LogP contribution < -0.4 is 0 Å². The summed E-state index contributed by atoms with van der Waals surface area (Å²) in [6.45, 7) is 0. The second-order valence-corrected chi connectivity index (χ2v) is 16.7. The molecule has 0 radical (unpaired) electrons. The van der Waals surface area contributed by atoms with Crippen LogP contribution in [0.15, 0.2) is 182 Å². The van der Waals surface area contributed by atoms with Crippen molar-refractivity contribution in [2.45, 2.75) is 0 Å². The molecule has 0 aliphatic heterocycles. The van der Waals surface area contributed by atoms with E-state index in [1.54, 1.807) is 0 Å². The monoisotopic (exact) mass is 759 g/mol. The predicted molar refractivity (Wildman–Crippen MR) is 233 cm³/mol. The minimum absolute atomic E-state index is 0.756. The van der Waals surface area contributed by atoms with Crippen molar-refractivity contribution < 1.29 is 0 Å². The zero-order valence-corrected chi connectivity index (χ0v) is 32.1. The molecule has 0 fully saturated rings. The molecule has 10 heteroatoms. The Morgan fingerprint density at radius 3 is 0.862 bits per heavy atom. The zero-order valence-electron chi connectivity index (χ0n) is 30.9. The van der Waals surface area contributed by atoms with E-state index in [9.17, 15) is 0 Å². The van der Waals surface area contributed by atoms with E-state index in [0.717, 1.165) is 100.0 Å². The molecule has 0 unspecified atom stereocenters. The van der Waals surface area contributed by atoms with Crippen LogP contribution in [-0.4, -0.2) is 55.4 Å². The van der Waals surface area contributed by atoms with Crippen LogP contribution in [0.5, 0.6) is 0 Å². The van der Waals surface area contributed by atoms with Gasteiger partial charge in [-0.15, -0.1) is 0 Å². The van der Waals surface area contributed by atoms with Gasteiger partial charge in [-0.3, -0.25) is 15.0 Å². The average molecular weight is 760 g/mol. The van der Waals surface area contributed by atoms with Gasteiger partial charge in [0.15, 0.2) is 0 Å². The van der Waals surface area contributed by atoms with Gasteiger partial charge in [0.1, 0.15) is 34.6 Å². The van der Waals surface area contributed by atoms with Gasteiger partial charge in [0.05, 0.1) is 16.6 Å². The van der Waals surface area contributed by atoms with Crippen LogP contribution in [0.25, 0.3) is 100.0 Å². The van der Waals surface area contributed by atoms with E-state index in [2.05, 4.69) is 120 Å². The quantitative estimate of drug-likeness (QED) is 0.157. The maximum absolute atomic E-state index is 5.47. The van der Waals surface area contributed by atoms with Crippen molar-refractivity contribution in [1.29, 1.82) is 0 Å². The minimum Gasteiger partial charge on any atom is -0.377 e. The summed E-state index contributed by atoms with van der Waals surface area (Å²) < 4.78 is 7.32. The molecule has 0 atom stereocenters. The third-order valence-corrected chi connectivity index (χ3v) is 14.0. The average Bonchev–Trinajstić information content (AvgIpc) is 3.96. The molecule has 12 aromatic rings. The Labute approximate surface area is 336 Å². The van der Waals surface area contributed by atoms with Crippen LogP contribution >= 0.6 is 0 Å². The van der Waals surface area contributed by atoms with Gasteiger partial charge in [-0.1, -0.05) is 91.0 Å². The van der Waals surface area contributed by atoms with Gasteiger partial charge in [-0.25, -0.2) is 15.0 Å². The van der Waals surface area contributed by atoms with Crippen molar-refractivity contribution in [3.05, 3.63) is 182 Å². The van der Waals surface area contributed by atoms with Gasteiger partial charge < -0.3 is 10.7 Å². The summed E-state index contributed by atoms with van der Waals surface area (Å²) in [4.78, 5) is 31.3. The number of hydrogen-bond donors (Lipinski definition) is 0. The van der Waals surface area contributed by atoms with E-state index in [1.165, 1.54) is 0 Å². The molecule has 0 bridgehead atoms. The van der Waals surface area contributed by atoms with Gasteiger partial charge in [-0.05, 0) is 105 Å². The van der Waals surface area contributed by atoms with E-state index in [4.69, 9.17) is 29.9 Å². The lowest BCUT2D eigenvalue weighted by atomic mass is 10.1. The fraction of sp³-hybridized carbons (Fsp3) is 0. The topological polar surface area (TPSA) is 92.1 Å². The lowest BCUT2D eigenvalue weighted by Gasteiger charge is -2.23. The van der Waals surface area contributed by atoms with Crippen LogP contribution in [0, 0.1) is 0 Å². The Balaban J connectivity index is 1.32. The summed E-state index contributed by atoms with van der Waals surface area (Å²) in [6, 6.07) is 56.8. The summed E-state index contributed by atoms with van der Waals surface area (Å²) >= 11 is -3.04. The molecule has 12 rings (SSSR count). The molecule has 0 N–H and O–H groups in total. The summed E-state index contributed by atoms with van der Waals surface area (Å²) in [5.74, 6) is 2.27. The highest BCUT2D eigenvalue weighted by Crippen LogP contribution is 2.37. The summed E-state index contributed by atoms with van der Waals surface area (Å²) in [5, 5.41) is 6.71. The van der Waals surface area contributed by atoms with Crippen molar-refractivity contribution in [3.8, 4) is 34.6 Å². The minimum atomic E-state index is -3.04. The lowest BCUT2D eigenvalue weighted by molar-refractivity contribution is 0.988. The standard InChI is InChI=1S/3C16H10N3.Al/c3*1-2-6-12-10-15-14(9-11(12)5-1)18-16(19-15)13-7-3-4-8-17-13;/h3*1-10H;/q3*-1;+3. The highest BCUT2D eigenvalue weighted by molar-refractivity contribution is 6.59. The van der Waals surface area contributed by atoms with E-state index in [-0.39, 0.29) is 0 Å². The molecule has 6 heterocycles. The van der Waals surface area contributed by atoms with Gasteiger partial charge in [0.25, 0.3) is 0 Å². The largest absolute Gasteiger partial charge is 0.760 e. The summed E-state index contributed by atoms with van der Waals surface area (Å²) in [7, 11) is 0. The molecule has 58 heavy (non-hydrogen) atoms. The Morgan fingerprint density at radius 1 is 0.310 bits per heavy atom. The Bertz CT molecular complexity index is 3150. The zero-order chi connectivity index (χ0) is 38.2. The molecule has 9 nitrogen and oxygen atoms in total. The Kier molecular flexibility index (Phi) is 7.35. The third-order valence-electron chi connectivity index (χ3n) is 11.0. The Hall–Kier alpha value is -7.51. The predicted octanol–water partition coefficient (Wildman–Crippen LogP) is 10.3. The van der Waals surface area contributed by atoms with Gasteiger partial charge in [-0.2, -0.15) is 0 Å². The van der Waals surface area contributed by atoms with E-state index in [1.807, 2.05) is 73.2 Å². The van der Waals surface area contributed by atoms with Gasteiger partial charge in [0.2, 0.25) is 0 Å². The van der Waals surface area contributed by atoms with Crippen LogP contribution in [0.1, 0.15) is 0 Å². The molecule has 6 aromatic carbocycles. The fourth-order valence-corrected chi connectivity index (χ4v) is 11.7. The van der Waals surface area contributed by atoms with E-state index < -0.39 is 14.8 Å². The van der Waals surface area contributed by atoms with Gasteiger partial charge in [0, 0.05) is 35.1 Å². The van der Waals surface area contributed by atoms with Crippen molar-refractivity contribution in [1.82, 2.24) is 40.6 Å². The van der Waals surface area contributed by atoms with Crippen LogP contribution in [0.3, 0.4) is 0 Å². The van der Waals surface area contributed by atoms with Crippen LogP contribution in [0.2, 0.25) is 0 Å². The number of hydrogen-bond acceptors (Lipinski definition) is 6. The first kappa shape index (κ1) is 32.7. The van der Waals surface area contributed by atoms with Crippen LogP contribution in [-0.2, 0) is 0 Å². The normalized spacial score (nSPS) is 11.8. The second-order valence-electron chi connectivity index (χ2n) is 14.5.